The van der Waals surface area contributed by atoms with E-state index in [0.717, 1.165) is 21.4 Å². The predicted octanol–water partition coefficient (Wildman–Crippen LogP) is 3.38. The summed E-state index contributed by atoms with van der Waals surface area (Å²) in [5, 5.41) is 0.975. The summed E-state index contributed by atoms with van der Waals surface area (Å²) in [5.41, 5.74) is 1.84. The zero-order chi connectivity index (χ0) is 17.4. The summed E-state index contributed by atoms with van der Waals surface area (Å²) >= 11 is 1.69. The van der Waals surface area contributed by atoms with E-state index >= 15 is 0 Å². The number of ether oxygens (including phenoxy) is 1. The number of fused-ring (bicyclic) bond motifs is 3. The first-order chi connectivity index (χ1) is 12.1. The number of Topliss-reactive ketones (excluding diaryl/α,β-unsaturated/α-hetero) is 1. The first kappa shape index (κ1) is 16.0. The zero-order valence-corrected chi connectivity index (χ0v) is 14.6. The molecule has 0 bridgehead atoms. The lowest BCUT2D eigenvalue weighted by Crippen LogP contribution is -2.21. The van der Waals surface area contributed by atoms with Crippen molar-refractivity contribution in [1.82, 2.24) is 4.57 Å². The minimum absolute atomic E-state index is 0.0478. The van der Waals surface area contributed by atoms with Gasteiger partial charge in [-0.15, -0.1) is 11.8 Å². The molecule has 5 heteroatoms. The van der Waals surface area contributed by atoms with Crippen LogP contribution in [0.15, 0.2) is 64.3 Å². The number of nitrogens with zero attached hydrogens (tertiary/aromatic N) is 1. The summed E-state index contributed by atoms with van der Waals surface area (Å²) in [4.78, 5) is 25.8. The van der Waals surface area contributed by atoms with Gasteiger partial charge in [0.05, 0.1) is 11.4 Å². The van der Waals surface area contributed by atoms with Gasteiger partial charge in [0, 0.05) is 29.1 Å². The molecular formula is C20H17NO3S. The second kappa shape index (κ2) is 6.41. The van der Waals surface area contributed by atoms with Crippen LogP contribution in [0, 0.1) is 0 Å². The Labute approximate surface area is 149 Å². The summed E-state index contributed by atoms with van der Waals surface area (Å²) in [6.07, 6.45) is 0. The van der Waals surface area contributed by atoms with Gasteiger partial charge in [-0.25, -0.2) is 0 Å². The number of rotatable bonds is 4. The van der Waals surface area contributed by atoms with Gasteiger partial charge in [0.2, 0.25) is 0 Å². The number of hydrogen-bond acceptors (Lipinski definition) is 4. The average molecular weight is 351 g/mol. The monoisotopic (exact) mass is 351 g/mol. The molecule has 1 aliphatic heterocycles. The summed E-state index contributed by atoms with van der Waals surface area (Å²) in [6.45, 7) is 0.0524. The molecule has 0 amide bonds. The summed E-state index contributed by atoms with van der Waals surface area (Å²) < 4.78 is 7.26. The van der Waals surface area contributed by atoms with Crippen LogP contribution in [0.2, 0.25) is 0 Å². The molecule has 1 aliphatic rings. The molecule has 2 aromatic carbocycles. The maximum atomic E-state index is 12.8. The van der Waals surface area contributed by atoms with E-state index in [-0.39, 0.29) is 23.9 Å². The van der Waals surface area contributed by atoms with Crippen LogP contribution < -0.4 is 10.3 Å². The maximum absolute atomic E-state index is 12.8. The lowest BCUT2D eigenvalue weighted by atomic mass is 9.93. The third-order valence-corrected chi connectivity index (χ3v) is 5.74. The molecule has 0 saturated carbocycles. The topological polar surface area (TPSA) is 48.3 Å². The molecule has 4 nitrogen and oxygen atoms in total. The fraction of sp³-hybridized carbons (Fsp3) is 0.200. The number of carbonyl (C=O) groups excluding carboxylic acids is 1. The van der Waals surface area contributed by atoms with Crippen molar-refractivity contribution in [2.75, 3.05) is 12.4 Å². The van der Waals surface area contributed by atoms with Gasteiger partial charge in [-0.2, -0.15) is 0 Å². The molecule has 3 aromatic rings. The molecule has 1 aromatic heterocycles. The Morgan fingerprint density at radius 1 is 1.16 bits per heavy atom. The van der Waals surface area contributed by atoms with Crippen LogP contribution in [0.1, 0.15) is 11.5 Å². The van der Waals surface area contributed by atoms with Crippen molar-refractivity contribution in [2.45, 2.75) is 10.8 Å². The van der Waals surface area contributed by atoms with Crippen LogP contribution in [-0.2, 0) is 11.8 Å². The average Bonchev–Trinajstić information content (AvgIpc) is 3.08. The van der Waals surface area contributed by atoms with Crippen LogP contribution in [-0.4, -0.2) is 22.7 Å². The standard InChI is InChI=1S/C20H17NO3S/c1-21-16-8-9-18-20(14(16)7-10-19(21)23)15(12-25-18)17(22)11-24-13-5-3-2-4-6-13/h2-10,15H,11-12H2,1H3. The molecule has 0 fully saturated rings. The van der Waals surface area contributed by atoms with Crippen molar-refractivity contribution in [3.63, 3.8) is 0 Å². The van der Waals surface area contributed by atoms with Crippen molar-refractivity contribution in [3.8, 4) is 5.75 Å². The van der Waals surface area contributed by atoms with E-state index in [0.29, 0.717) is 11.5 Å². The Hall–Kier alpha value is -2.53. The smallest absolute Gasteiger partial charge is 0.250 e. The minimum Gasteiger partial charge on any atom is -0.486 e. The highest BCUT2D eigenvalue weighted by atomic mass is 32.2. The highest BCUT2D eigenvalue weighted by Crippen LogP contribution is 2.43. The van der Waals surface area contributed by atoms with Crippen molar-refractivity contribution in [3.05, 3.63) is 70.5 Å². The Morgan fingerprint density at radius 3 is 2.76 bits per heavy atom. The van der Waals surface area contributed by atoms with E-state index in [1.54, 1.807) is 29.4 Å². The van der Waals surface area contributed by atoms with E-state index in [1.165, 1.54) is 0 Å². The number of hydrogen-bond donors (Lipinski definition) is 0. The summed E-state index contributed by atoms with van der Waals surface area (Å²) in [7, 11) is 1.76. The summed E-state index contributed by atoms with van der Waals surface area (Å²) in [6, 6.07) is 16.7. The number of carbonyl (C=O) groups is 1. The summed E-state index contributed by atoms with van der Waals surface area (Å²) in [5.74, 6) is 1.28. The lowest BCUT2D eigenvalue weighted by molar-refractivity contribution is -0.121. The fourth-order valence-corrected chi connectivity index (χ4v) is 4.50. The molecule has 0 radical (unpaired) electrons. The van der Waals surface area contributed by atoms with Gasteiger partial charge < -0.3 is 9.30 Å². The van der Waals surface area contributed by atoms with Crippen LogP contribution in [0.3, 0.4) is 0 Å². The molecule has 2 heterocycles. The van der Waals surface area contributed by atoms with E-state index in [1.807, 2.05) is 48.5 Å². The van der Waals surface area contributed by atoms with Crippen molar-refractivity contribution < 1.29 is 9.53 Å². The normalized spacial score (nSPS) is 16.0. The first-order valence-electron chi connectivity index (χ1n) is 8.11. The lowest BCUT2D eigenvalue weighted by Gasteiger charge is -2.14. The Morgan fingerprint density at radius 2 is 1.96 bits per heavy atom. The van der Waals surface area contributed by atoms with Gasteiger partial charge in [0.25, 0.3) is 5.56 Å². The number of thioether (sulfide) groups is 1. The highest BCUT2D eigenvalue weighted by molar-refractivity contribution is 7.99. The molecule has 25 heavy (non-hydrogen) atoms. The molecular weight excluding hydrogens is 334 g/mol. The Balaban J connectivity index is 1.66. The number of ketones is 1. The van der Waals surface area contributed by atoms with Crippen molar-refractivity contribution in [2.24, 2.45) is 7.05 Å². The van der Waals surface area contributed by atoms with Crippen LogP contribution in [0.5, 0.6) is 5.75 Å². The van der Waals surface area contributed by atoms with Gasteiger partial charge in [-0.3, -0.25) is 9.59 Å². The van der Waals surface area contributed by atoms with Gasteiger partial charge in [0.15, 0.2) is 5.78 Å². The Bertz CT molecular complexity index is 1010. The minimum atomic E-state index is -0.204. The molecule has 1 unspecified atom stereocenters. The SMILES string of the molecule is Cn1c(=O)ccc2c3c(ccc21)SCC3C(=O)COc1ccccc1. The number of aromatic nitrogens is 1. The van der Waals surface area contributed by atoms with E-state index in [2.05, 4.69) is 0 Å². The van der Waals surface area contributed by atoms with E-state index < -0.39 is 0 Å². The quantitative estimate of drug-likeness (QED) is 0.723. The van der Waals surface area contributed by atoms with Crippen LogP contribution in [0.25, 0.3) is 10.9 Å². The zero-order valence-electron chi connectivity index (χ0n) is 13.8. The largest absolute Gasteiger partial charge is 0.486 e. The molecule has 1 atom stereocenters. The van der Waals surface area contributed by atoms with E-state index in [9.17, 15) is 9.59 Å². The van der Waals surface area contributed by atoms with Gasteiger partial charge in [-0.05, 0) is 35.9 Å². The predicted molar refractivity (Wildman–Crippen MR) is 99.6 cm³/mol. The molecule has 0 saturated heterocycles. The van der Waals surface area contributed by atoms with Gasteiger partial charge in [0.1, 0.15) is 12.4 Å². The number of para-hydroxylation sites is 1. The van der Waals surface area contributed by atoms with Crippen molar-refractivity contribution >= 4 is 28.4 Å². The highest BCUT2D eigenvalue weighted by Gasteiger charge is 2.31. The molecule has 4 rings (SSSR count). The Kier molecular flexibility index (Phi) is 4.09. The number of aryl methyl sites for hydroxylation is 1. The first-order valence-corrected chi connectivity index (χ1v) is 9.10. The molecule has 126 valence electrons. The third kappa shape index (κ3) is 2.85. The van der Waals surface area contributed by atoms with E-state index in [4.69, 9.17) is 4.74 Å². The fourth-order valence-electron chi connectivity index (χ4n) is 3.23. The second-order valence-corrected chi connectivity index (χ2v) is 7.13. The maximum Gasteiger partial charge on any atom is 0.250 e. The number of benzene rings is 2. The third-order valence-electron chi connectivity index (χ3n) is 4.58. The van der Waals surface area contributed by atoms with Gasteiger partial charge in [-0.1, -0.05) is 18.2 Å². The van der Waals surface area contributed by atoms with Crippen molar-refractivity contribution in [1.29, 1.82) is 0 Å². The molecule has 0 spiro atoms. The van der Waals surface area contributed by atoms with Crippen LogP contribution >= 0.6 is 11.8 Å². The second-order valence-electron chi connectivity index (χ2n) is 6.07. The molecule has 0 N–H and O–H groups in total. The molecule has 0 aliphatic carbocycles. The number of pyridine rings is 1. The van der Waals surface area contributed by atoms with Crippen LogP contribution in [0.4, 0.5) is 0 Å². The van der Waals surface area contributed by atoms with Gasteiger partial charge >= 0.3 is 0 Å².